The normalized spacial score (nSPS) is 11.1. The maximum atomic E-state index is 6.37. The number of hydrogen-bond acceptors (Lipinski definition) is 1. The minimum atomic E-state index is 0.722. The molecule has 0 N–H and O–H groups in total. The Morgan fingerprint density at radius 1 is 0.840 bits per heavy atom. The van der Waals surface area contributed by atoms with Gasteiger partial charge in [0.05, 0.1) is 11.0 Å². The molecule has 0 aliphatic rings. The van der Waals surface area contributed by atoms with Gasteiger partial charge < -0.3 is 4.57 Å². The minimum absolute atomic E-state index is 0.722. The number of hydrogen-bond donors (Lipinski definition) is 0. The highest BCUT2D eigenvalue weighted by atomic mass is 35.5. The Bertz CT molecular complexity index is 1030. The summed E-state index contributed by atoms with van der Waals surface area (Å²) in [5.74, 6) is 1.04. The number of aryl methyl sites for hydroxylation is 1. The van der Waals surface area contributed by atoms with Gasteiger partial charge in [-0.2, -0.15) is 0 Å². The first-order chi connectivity index (χ1) is 12.2. The van der Waals surface area contributed by atoms with Crippen LogP contribution < -0.4 is 0 Å². The van der Waals surface area contributed by atoms with Crippen LogP contribution in [0.25, 0.3) is 11.0 Å². The van der Waals surface area contributed by atoms with E-state index in [0.29, 0.717) is 0 Å². The maximum absolute atomic E-state index is 6.37. The second kappa shape index (κ2) is 6.73. The fraction of sp³-hybridized carbons (Fsp3) is 0.136. The highest BCUT2D eigenvalue weighted by Gasteiger charge is 2.13. The first kappa shape index (κ1) is 15.9. The molecule has 0 saturated carbocycles. The quantitative estimate of drug-likeness (QED) is 0.467. The van der Waals surface area contributed by atoms with Crippen LogP contribution in [-0.2, 0) is 13.0 Å². The van der Waals surface area contributed by atoms with E-state index in [2.05, 4.69) is 60.0 Å². The van der Waals surface area contributed by atoms with Crippen molar-refractivity contribution < 1.29 is 0 Å². The van der Waals surface area contributed by atoms with Gasteiger partial charge in [0.1, 0.15) is 5.82 Å². The molecular formula is C22H19ClN2. The molecule has 0 atom stereocenters. The second-order valence-corrected chi connectivity index (χ2v) is 6.70. The zero-order chi connectivity index (χ0) is 17.2. The molecule has 0 aliphatic carbocycles. The third kappa shape index (κ3) is 3.18. The zero-order valence-electron chi connectivity index (χ0n) is 14.1. The summed E-state index contributed by atoms with van der Waals surface area (Å²) in [5, 5.41) is 0.789. The Hall–Kier alpha value is -2.58. The SMILES string of the molecule is Cc1ccccc1Cn1c(Cc2ccccc2Cl)nc2ccccc21. The lowest BCUT2D eigenvalue weighted by atomic mass is 10.1. The number of benzene rings is 3. The summed E-state index contributed by atoms with van der Waals surface area (Å²) in [6.45, 7) is 2.97. The van der Waals surface area contributed by atoms with Crippen molar-refractivity contribution in [3.8, 4) is 0 Å². The lowest BCUT2D eigenvalue weighted by molar-refractivity contribution is 0.759. The van der Waals surface area contributed by atoms with Crippen molar-refractivity contribution in [3.63, 3.8) is 0 Å². The summed E-state index contributed by atoms with van der Waals surface area (Å²) in [6.07, 6.45) is 0.722. The highest BCUT2D eigenvalue weighted by Crippen LogP contribution is 2.24. The molecule has 0 fully saturated rings. The number of para-hydroxylation sites is 2. The summed E-state index contributed by atoms with van der Waals surface area (Å²) in [5.41, 5.74) is 5.89. The fourth-order valence-electron chi connectivity index (χ4n) is 3.21. The minimum Gasteiger partial charge on any atom is -0.323 e. The van der Waals surface area contributed by atoms with E-state index in [9.17, 15) is 0 Å². The summed E-state index contributed by atoms with van der Waals surface area (Å²) >= 11 is 6.37. The van der Waals surface area contributed by atoms with Crippen LogP contribution in [0.5, 0.6) is 0 Å². The Labute approximate surface area is 152 Å². The molecule has 0 unspecified atom stereocenters. The van der Waals surface area contributed by atoms with E-state index in [-0.39, 0.29) is 0 Å². The summed E-state index contributed by atoms with van der Waals surface area (Å²) in [4.78, 5) is 4.88. The summed E-state index contributed by atoms with van der Waals surface area (Å²) in [7, 11) is 0. The average Bonchev–Trinajstić information content (AvgIpc) is 2.96. The smallest absolute Gasteiger partial charge is 0.114 e. The number of aromatic nitrogens is 2. The van der Waals surface area contributed by atoms with Crippen molar-refractivity contribution in [3.05, 3.63) is 100 Å². The molecule has 3 heteroatoms. The zero-order valence-corrected chi connectivity index (χ0v) is 14.9. The van der Waals surface area contributed by atoms with Gasteiger partial charge in [0.2, 0.25) is 0 Å². The molecule has 1 aromatic heterocycles. The molecule has 25 heavy (non-hydrogen) atoms. The first-order valence-corrected chi connectivity index (χ1v) is 8.82. The van der Waals surface area contributed by atoms with Gasteiger partial charge in [-0.25, -0.2) is 4.98 Å². The Kier molecular flexibility index (Phi) is 4.29. The monoisotopic (exact) mass is 346 g/mol. The second-order valence-electron chi connectivity index (χ2n) is 6.30. The van der Waals surface area contributed by atoms with Crippen LogP contribution in [0.1, 0.15) is 22.5 Å². The molecule has 0 bridgehead atoms. The molecule has 4 rings (SSSR count). The predicted octanol–water partition coefficient (Wildman–Crippen LogP) is 5.64. The van der Waals surface area contributed by atoms with Crippen molar-refractivity contribution in [2.45, 2.75) is 19.9 Å². The van der Waals surface area contributed by atoms with Crippen LogP contribution in [0, 0.1) is 6.92 Å². The molecule has 1 heterocycles. The van der Waals surface area contributed by atoms with Crippen molar-refractivity contribution >= 4 is 22.6 Å². The van der Waals surface area contributed by atoms with Crippen molar-refractivity contribution in [1.82, 2.24) is 9.55 Å². The maximum Gasteiger partial charge on any atom is 0.114 e. The van der Waals surface area contributed by atoms with Crippen LogP contribution in [0.3, 0.4) is 0 Å². The molecule has 0 radical (unpaired) electrons. The van der Waals surface area contributed by atoms with Crippen LogP contribution in [-0.4, -0.2) is 9.55 Å². The van der Waals surface area contributed by atoms with Crippen LogP contribution >= 0.6 is 11.6 Å². The van der Waals surface area contributed by atoms with E-state index in [4.69, 9.17) is 16.6 Å². The lowest BCUT2D eigenvalue weighted by Crippen LogP contribution is -2.07. The van der Waals surface area contributed by atoms with Crippen molar-refractivity contribution in [1.29, 1.82) is 0 Å². The Morgan fingerprint density at radius 3 is 2.32 bits per heavy atom. The van der Waals surface area contributed by atoms with Crippen molar-refractivity contribution in [2.24, 2.45) is 0 Å². The lowest BCUT2D eigenvalue weighted by Gasteiger charge is -2.12. The van der Waals surface area contributed by atoms with E-state index < -0.39 is 0 Å². The highest BCUT2D eigenvalue weighted by molar-refractivity contribution is 6.31. The largest absolute Gasteiger partial charge is 0.323 e. The van der Waals surface area contributed by atoms with Gasteiger partial charge in [0, 0.05) is 18.0 Å². The van der Waals surface area contributed by atoms with Gasteiger partial charge in [-0.3, -0.25) is 0 Å². The van der Waals surface area contributed by atoms with E-state index in [0.717, 1.165) is 40.4 Å². The molecule has 4 aromatic rings. The van der Waals surface area contributed by atoms with Crippen LogP contribution in [0.4, 0.5) is 0 Å². The Balaban J connectivity index is 1.81. The van der Waals surface area contributed by atoms with Gasteiger partial charge in [-0.05, 0) is 41.8 Å². The average molecular weight is 347 g/mol. The number of imidazole rings is 1. The topological polar surface area (TPSA) is 17.8 Å². The molecule has 2 nitrogen and oxygen atoms in total. The van der Waals surface area contributed by atoms with Gasteiger partial charge >= 0.3 is 0 Å². The molecule has 0 aliphatic heterocycles. The van der Waals surface area contributed by atoms with Gasteiger partial charge in [-0.15, -0.1) is 0 Å². The number of nitrogens with zero attached hydrogens (tertiary/aromatic N) is 2. The fourth-order valence-corrected chi connectivity index (χ4v) is 3.41. The molecule has 124 valence electrons. The summed E-state index contributed by atoms with van der Waals surface area (Å²) < 4.78 is 2.31. The number of fused-ring (bicyclic) bond motifs is 1. The van der Waals surface area contributed by atoms with E-state index in [1.165, 1.54) is 11.1 Å². The third-order valence-corrected chi connectivity index (χ3v) is 5.00. The number of rotatable bonds is 4. The van der Waals surface area contributed by atoms with Crippen LogP contribution in [0.2, 0.25) is 5.02 Å². The van der Waals surface area contributed by atoms with Gasteiger partial charge in [0.15, 0.2) is 0 Å². The van der Waals surface area contributed by atoms with E-state index in [1.54, 1.807) is 0 Å². The molecule has 0 spiro atoms. The molecular weight excluding hydrogens is 328 g/mol. The molecule has 3 aromatic carbocycles. The third-order valence-electron chi connectivity index (χ3n) is 4.63. The van der Waals surface area contributed by atoms with Crippen LogP contribution in [0.15, 0.2) is 72.8 Å². The summed E-state index contributed by atoms with van der Waals surface area (Å²) in [6, 6.07) is 24.8. The standard InChI is InChI=1S/C22H19ClN2/c1-16-8-2-3-10-18(16)15-25-21-13-7-6-12-20(21)24-22(25)14-17-9-4-5-11-19(17)23/h2-13H,14-15H2,1H3. The number of halogens is 1. The van der Waals surface area contributed by atoms with E-state index >= 15 is 0 Å². The molecule has 0 amide bonds. The van der Waals surface area contributed by atoms with Crippen molar-refractivity contribution in [2.75, 3.05) is 0 Å². The first-order valence-electron chi connectivity index (χ1n) is 8.44. The van der Waals surface area contributed by atoms with Gasteiger partial charge in [-0.1, -0.05) is 66.2 Å². The van der Waals surface area contributed by atoms with Gasteiger partial charge in [0.25, 0.3) is 0 Å². The molecule has 0 saturated heterocycles. The van der Waals surface area contributed by atoms with E-state index in [1.807, 2.05) is 24.3 Å². The predicted molar refractivity (Wildman–Crippen MR) is 104 cm³/mol. The Morgan fingerprint density at radius 2 is 1.52 bits per heavy atom.